The first kappa shape index (κ1) is 17.6. The standard InChI is InChI=1S/C23H17ClFN5/c24-22-17(7-10-30-21(11-14-1-2-14)27-28-23(22)30)15-3-4-19-16(12-15)6-9-29(19)20-5-8-26-13-18(20)25/h3-10,12-14H,1-2,11H2. The van der Waals surface area contributed by atoms with E-state index in [0.717, 1.165) is 40.2 Å². The molecule has 0 unspecified atom stereocenters. The highest BCUT2D eigenvalue weighted by atomic mass is 35.5. The Balaban J connectivity index is 1.43. The summed E-state index contributed by atoms with van der Waals surface area (Å²) in [6.07, 6.45) is 10.1. The average molecular weight is 418 g/mol. The smallest absolute Gasteiger partial charge is 0.180 e. The van der Waals surface area contributed by atoms with Gasteiger partial charge in [-0.1, -0.05) is 17.7 Å². The monoisotopic (exact) mass is 417 g/mol. The van der Waals surface area contributed by atoms with Crippen LogP contribution >= 0.6 is 11.6 Å². The van der Waals surface area contributed by atoms with Gasteiger partial charge in [-0.3, -0.25) is 9.38 Å². The van der Waals surface area contributed by atoms with Gasteiger partial charge < -0.3 is 4.57 Å². The fourth-order valence-electron chi connectivity index (χ4n) is 4.00. The van der Waals surface area contributed by atoms with Crippen molar-refractivity contribution >= 4 is 28.2 Å². The molecule has 1 saturated carbocycles. The number of nitrogens with zero attached hydrogens (tertiary/aromatic N) is 5. The third-order valence-electron chi connectivity index (χ3n) is 5.77. The summed E-state index contributed by atoms with van der Waals surface area (Å²) in [4.78, 5) is 3.83. The first-order valence-electron chi connectivity index (χ1n) is 9.92. The summed E-state index contributed by atoms with van der Waals surface area (Å²) < 4.78 is 18.0. The second kappa shape index (κ2) is 6.64. The lowest BCUT2D eigenvalue weighted by atomic mass is 10.0. The lowest BCUT2D eigenvalue weighted by molar-refractivity contribution is 0.613. The lowest BCUT2D eigenvalue weighted by Gasteiger charge is -2.09. The number of pyridine rings is 2. The second-order valence-corrected chi connectivity index (χ2v) is 8.17. The molecule has 30 heavy (non-hydrogen) atoms. The zero-order valence-electron chi connectivity index (χ0n) is 16.0. The molecule has 4 aromatic heterocycles. The Morgan fingerprint density at radius 3 is 2.80 bits per heavy atom. The Morgan fingerprint density at radius 1 is 1.07 bits per heavy atom. The van der Waals surface area contributed by atoms with Crippen molar-refractivity contribution in [2.24, 2.45) is 5.92 Å². The molecule has 0 spiro atoms. The van der Waals surface area contributed by atoms with Crippen molar-refractivity contribution in [3.63, 3.8) is 0 Å². The summed E-state index contributed by atoms with van der Waals surface area (Å²) in [5, 5.41) is 10.3. The third kappa shape index (κ3) is 2.79. The van der Waals surface area contributed by atoms with Crippen LogP contribution in [0.1, 0.15) is 18.7 Å². The van der Waals surface area contributed by atoms with Crippen LogP contribution < -0.4 is 0 Å². The summed E-state index contributed by atoms with van der Waals surface area (Å²) >= 11 is 6.73. The molecule has 7 heteroatoms. The van der Waals surface area contributed by atoms with E-state index in [2.05, 4.69) is 21.2 Å². The van der Waals surface area contributed by atoms with Crippen molar-refractivity contribution in [2.45, 2.75) is 19.3 Å². The van der Waals surface area contributed by atoms with Crippen LogP contribution in [0.2, 0.25) is 5.02 Å². The van der Waals surface area contributed by atoms with Gasteiger partial charge >= 0.3 is 0 Å². The number of hydrogen-bond donors (Lipinski definition) is 0. The van der Waals surface area contributed by atoms with Gasteiger partial charge in [-0.2, -0.15) is 0 Å². The molecule has 0 atom stereocenters. The van der Waals surface area contributed by atoms with E-state index in [1.165, 1.54) is 19.0 Å². The van der Waals surface area contributed by atoms with Gasteiger partial charge in [0.1, 0.15) is 5.82 Å². The predicted octanol–water partition coefficient (Wildman–Crippen LogP) is 5.48. The Labute approximate surface area is 176 Å². The van der Waals surface area contributed by atoms with Crippen molar-refractivity contribution in [3.8, 4) is 16.8 Å². The third-order valence-corrected chi connectivity index (χ3v) is 6.14. The quantitative estimate of drug-likeness (QED) is 0.389. The van der Waals surface area contributed by atoms with E-state index < -0.39 is 0 Å². The minimum atomic E-state index is -0.360. The fourth-order valence-corrected chi connectivity index (χ4v) is 4.30. The molecule has 0 bridgehead atoms. The van der Waals surface area contributed by atoms with Crippen LogP contribution in [0.5, 0.6) is 0 Å². The predicted molar refractivity (Wildman–Crippen MR) is 114 cm³/mol. The van der Waals surface area contributed by atoms with Gasteiger partial charge in [-0.25, -0.2) is 4.39 Å². The molecule has 5 nitrogen and oxygen atoms in total. The summed E-state index contributed by atoms with van der Waals surface area (Å²) in [7, 11) is 0. The molecule has 0 aliphatic heterocycles. The Hall–Kier alpha value is -3.25. The van der Waals surface area contributed by atoms with Gasteiger partial charge in [-0.15, -0.1) is 10.2 Å². The molecule has 1 aliphatic carbocycles. The van der Waals surface area contributed by atoms with Crippen molar-refractivity contribution in [1.29, 1.82) is 0 Å². The number of benzene rings is 1. The number of hydrogen-bond acceptors (Lipinski definition) is 3. The highest BCUT2D eigenvalue weighted by molar-refractivity contribution is 6.36. The number of halogens is 2. The number of fused-ring (bicyclic) bond motifs is 2. The summed E-state index contributed by atoms with van der Waals surface area (Å²) in [6, 6.07) is 11.7. The maximum Gasteiger partial charge on any atom is 0.180 e. The molecule has 0 radical (unpaired) electrons. The van der Waals surface area contributed by atoms with Gasteiger partial charge in [0.2, 0.25) is 0 Å². The van der Waals surface area contributed by atoms with E-state index in [1.54, 1.807) is 12.3 Å². The molecule has 1 aromatic carbocycles. The van der Waals surface area contributed by atoms with Crippen LogP contribution in [0.3, 0.4) is 0 Å². The summed E-state index contributed by atoms with van der Waals surface area (Å²) in [5.74, 6) is 1.33. The minimum absolute atomic E-state index is 0.360. The van der Waals surface area contributed by atoms with Crippen molar-refractivity contribution in [2.75, 3.05) is 0 Å². The lowest BCUT2D eigenvalue weighted by Crippen LogP contribution is -1.97. The van der Waals surface area contributed by atoms with Crippen molar-refractivity contribution in [3.05, 3.63) is 77.8 Å². The fraction of sp³-hybridized carbons (Fsp3) is 0.174. The van der Waals surface area contributed by atoms with Gasteiger partial charge in [0.05, 0.1) is 22.4 Å². The molecule has 0 amide bonds. The van der Waals surface area contributed by atoms with Crippen LogP contribution in [0.25, 0.3) is 33.4 Å². The SMILES string of the molecule is Fc1cnccc1-n1ccc2cc(-c3ccn4c(CC5CC5)nnc4c3Cl)ccc21. The Kier molecular flexibility index (Phi) is 3.89. The highest BCUT2D eigenvalue weighted by Crippen LogP contribution is 2.35. The molecule has 0 saturated heterocycles. The minimum Gasteiger partial charge on any atom is -0.314 e. The largest absolute Gasteiger partial charge is 0.314 e. The van der Waals surface area contributed by atoms with E-state index in [-0.39, 0.29) is 5.82 Å². The van der Waals surface area contributed by atoms with E-state index in [1.807, 2.05) is 45.6 Å². The molecular formula is C23H17ClFN5. The number of rotatable bonds is 4. The summed E-state index contributed by atoms with van der Waals surface area (Å²) in [5.41, 5.74) is 3.95. The molecule has 1 fully saturated rings. The van der Waals surface area contributed by atoms with E-state index >= 15 is 0 Å². The summed E-state index contributed by atoms with van der Waals surface area (Å²) in [6.45, 7) is 0. The first-order valence-corrected chi connectivity index (χ1v) is 10.3. The maximum atomic E-state index is 14.2. The molecule has 6 rings (SSSR count). The van der Waals surface area contributed by atoms with Crippen LogP contribution in [0, 0.1) is 11.7 Å². The van der Waals surface area contributed by atoms with Crippen LogP contribution in [0.4, 0.5) is 4.39 Å². The Bertz CT molecular complexity index is 1420. The van der Waals surface area contributed by atoms with E-state index in [4.69, 9.17) is 11.6 Å². The van der Waals surface area contributed by atoms with E-state index in [9.17, 15) is 4.39 Å². The topological polar surface area (TPSA) is 48.0 Å². The van der Waals surface area contributed by atoms with Crippen LogP contribution in [0.15, 0.2) is 61.2 Å². The highest BCUT2D eigenvalue weighted by Gasteiger charge is 2.24. The molecular weight excluding hydrogens is 401 g/mol. The zero-order chi connectivity index (χ0) is 20.2. The average Bonchev–Trinajstić information content (AvgIpc) is 3.33. The Morgan fingerprint density at radius 2 is 1.97 bits per heavy atom. The van der Waals surface area contributed by atoms with Gasteiger partial charge in [0.25, 0.3) is 0 Å². The maximum absolute atomic E-state index is 14.2. The van der Waals surface area contributed by atoms with E-state index in [0.29, 0.717) is 16.4 Å². The van der Waals surface area contributed by atoms with Crippen molar-refractivity contribution in [1.82, 2.24) is 24.1 Å². The first-order chi connectivity index (χ1) is 14.7. The molecule has 1 aliphatic rings. The van der Waals surface area contributed by atoms with Gasteiger partial charge in [0.15, 0.2) is 11.5 Å². The molecule has 0 N–H and O–H groups in total. The molecule has 5 aromatic rings. The van der Waals surface area contributed by atoms with Gasteiger partial charge in [0, 0.05) is 36.0 Å². The number of aromatic nitrogens is 5. The molecule has 4 heterocycles. The second-order valence-electron chi connectivity index (χ2n) is 7.79. The van der Waals surface area contributed by atoms with Crippen LogP contribution in [-0.4, -0.2) is 24.1 Å². The van der Waals surface area contributed by atoms with Crippen LogP contribution in [-0.2, 0) is 6.42 Å². The van der Waals surface area contributed by atoms with Gasteiger partial charge in [-0.05, 0) is 54.7 Å². The zero-order valence-corrected chi connectivity index (χ0v) is 16.7. The van der Waals surface area contributed by atoms with Crippen molar-refractivity contribution < 1.29 is 4.39 Å². The molecule has 148 valence electrons. The normalized spacial score (nSPS) is 14.1.